The van der Waals surface area contributed by atoms with Gasteiger partial charge in [0.25, 0.3) is 5.91 Å². The van der Waals surface area contributed by atoms with Gasteiger partial charge in [0.1, 0.15) is 5.69 Å². The Morgan fingerprint density at radius 1 is 1.14 bits per heavy atom. The number of nitrogens with one attached hydrogen (secondary N) is 1. The Morgan fingerprint density at radius 3 is 2.69 bits per heavy atom. The molecule has 2 N–H and O–H groups in total. The number of carbonyl (C=O) groups excluding carboxylic acids is 1. The van der Waals surface area contributed by atoms with Crippen LogP contribution in [0, 0.1) is 5.41 Å². The number of likely N-dealkylation sites (tertiary alicyclic amines) is 1. The molecular weight excluding hydrogens is 384 g/mol. The zero-order valence-electron chi connectivity index (χ0n) is 16.3. The van der Waals surface area contributed by atoms with Gasteiger partial charge in [0, 0.05) is 40.0 Å². The average molecular weight is 409 g/mol. The van der Waals surface area contributed by atoms with E-state index in [-0.39, 0.29) is 17.4 Å². The van der Waals surface area contributed by atoms with Gasteiger partial charge in [0.05, 0.1) is 6.10 Å². The van der Waals surface area contributed by atoms with Crippen molar-refractivity contribution in [1.82, 2.24) is 9.88 Å². The first-order valence-corrected chi connectivity index (χ1v) is 10.8. The molecule has 2 aliphatic rings. The molecule has 1 saturated carbocycles. The number of hydrogen-bond acceptors (Lipinski definition) is 2. The lowest BCUT2D eigenvalue weighted by atomic mass is 9.76. The van der Waals surface area contributed by atoms with Crippen LogP contribution in [0.4, 0.5) is 0 Å². The van der Waals surface area contributed by atoms with Gasteiger partial charge in [-0.3, -0.25) is 4.79 Å². The maximum absolute atomic E-state index is 13.7. The van der Waals surface area contributed by atoms with Gasteiger partial charge in [-0.05, 0) is 49.4 Å². The normalized spacial score (nSPS) is 24.5. The van der Waals surface area contributed by atoms with Crippen molar-refractivity contribution in [2.24, 2.45) is 5.41 Å². The van der Waals surface area contributed by atoms with E-state index in [9.17, 15) is 9.90 Å². The van der Waals surface area contributed by atoms with Crippen LogP contribution in [0.25, 0.3) is 22.0 Å². The number of halogens is 1. The predicted molar refractivity (Wildman–Crippen MR) is 116 cm³/mol. The summed E-state index contributed by atoms with van der Waals surface area (Å²) in [5.74, 6) is 0.00866. The monoisotopic (exact) mass is 408 g/mol. The van der Waals surface area contributed by atoms with E-state index in [0.717, 1.165) is 60.7 Å². The van der Waals surface area contributed by atoms with Crippen molar-refractivity contribution in [2.75, 3.05) is 13.1 Å². The van der Waals surface area contributed by atoms with E-state index in [1.165, 1.54) is 0 Å². The van der Waals surface area contributed by atoms with Crippen molar-refractivity contribution in [1.29, 1.82) is 0 Å². The SMILES string of the molecule is O=C(c1[nH]c2ccc(Cl)cc2c1-c1ccccc1)N1CCC[C@@]2(CCC[C@H]2O)C1. The largest absolute Gasteiger partial charge is 0.392 e. The van der Waals surface area contributed by atoms with Crippen LogP contribution in [0.1, 0.15) is 42.6 Å². The van der Waals surface area contributed by atoms with Crippen LogP contribution in [0.15, 0.2) is 48.5 Å². The van der Waals surface area contributed by atoms with Gasteiger partial charge in [-0.1, -0.05) is 48.4 Å². The van der Waals surface area contributed by atoms with Crippen molar-refractivity contribution in [3.8, 4) is 11.1 Å². The number of piperidine rings is 1. The molecule has 150 valence electrons. The van der Waals surface area contributed by atoms with E-state index in [1.54, 1.807) is 0 Å². The molecule has 5 heteroatoms. The van der Waals surface area contributed by atoms with Crippen molar-refractivity contribution in [3.05, 3.63) is 59.2 Å². The minimum Gasteiger partial charge on any atom is -0.392 e. The summed E-state index contributed by atoms with van der Waals surface area (Å²) < 4.78 is 0. The van der Waals surface area contributed by atoms with Gasteiger partial charge in [-0.15, -0.1) is 0 Å². The number of aromatic amines is 1. The van der Waals surface area contributed by atoms with Crippen LogP contribution in [0.3, 0.4) is 0 Å². The fourth-order valence-corrected chi connectivity index (χ4v) is 5.49. The third kappa shape index (κ3) is 3.15. The fourth-order valence-electron chi connectivity index (χ4n) is 5.32. The minimum absolute atomic E-state index is 0.00866. The molecule has 5 rings (SSSR count). The van der Waals surface area contributed by atoms with E-state index in [1.807, 2.05) is 53.4 Å². The number of aliphatic hydroxyl groups excluding tert-OH is 1. The predicted octanol–water partition coefficient (Wildman–Crippen LogP) is 5.26. The summed E-state index contributed by atoms with van der Waals surface area (Å²) in [5, 5.41) is 12.2. The van der Waals surface area contributed by atoms with E-state index < -0.39 is 0 Å². The number of aromatic nitrogens is 1. The summed E-state index contributed by atoms with van der Waals surface area (Å²) in [6.07, 6.45) is 4.55. The topological polar surface area (TPSA) is 56.3 Å². The Balaban J connectivity index is 1.58. The zero-order chi connectivity index (χ0) is 20.0. The number of benzene rings is 2. The van der Waals surface area contributed by atoms with Gasteiger partial charge >= 0.3 is 0 Å². The van der Waals surface area contributed by atoms with Gasteiger partial charge in [0.15, 0.2) is 0 Å². The van der Waals surface area contributed by atoms with Crippen molar-refractivity contribution in [3.63, 3.8) is 0 Å². The number of nitrogens with zero attached hydrogens (tertiary/aromatic N) is 1. The first kappa shape index (κ1) is 18.7. The highest BCUT2D eigenvalue weighted by Crippen LogP contribution is 2.45. The summed E-state index contributed by atoms with van der Waals surface area (Å²) in [7, 11) is 0. The molecule has 29 heavy (non-hydrogen) atoms. The molecule has 0 radical (unpaired) electrons. The molecule has 1 amide bonds. The Labute approximate surface area is 175 Å². The van der Waals surface area contributed by atoms with Crippen molar-refractivity contribution < 1.29 is 9.90 Å². The molecule has 2 fully saturated rings. The molecule has 0 bridgehead atoms. The van der Waals surface area contributed by atoms with Crippen LogP contribution < -0.4 is 0 Å². The van der Waals surface area contributed by atoms with E-state index in [2.05, 4.69) is 4.98 Å². The first-order valence-electron chi connectivity index (χ1n) is 10.4. The first-order chi connectivity index (χ1) is 14.1. The molecule has 0 unspecified atom stereocenters. The summed E-state index contributed by atoms with van der Waals surface area (Å²) in [5.41, 5.74) is 3.29. The number of carbonyl (C=O) groups is 1. The second kappa shape index (κ2) is 7.19. The highest BCUT2D eigenvalue weighted by atomic mass is 35.5. The molecule has 1 spiro atoms. The number of hydrogen-bond donors (Lipinski definition) is 2. The zero-order valence-corrected chi connectivity index (χ0v) is 17.1. The lowest BCUT2D eigenvalue weighted by Gasteiger charge is -2.42. The quantitative estimate of drug-likeness (QED) is 0.608. The van der Waals surface area contributed by atoms with E-state index in [4.69, 9.17) is 11.6 Å². The molecular formula is C24H25ClN2O2. The summed E-state index contributed by atoms with van der Waals surface area (Å²) >= 11 is 6.28. The molecule has 2 aromatic carbocycles. The van der Waals surface area contributed by atoms with Gasteiger partial charge in [-0.25, -0.2) is 0 Å². The molecule has 1 aliphatic heterocycles. The molecule has 1 saturated heterocycles. The molecule has 3 aromatic rings. The number of fused-ring (bicyclic) bond motifs is 1. The fraction of sp³-hybridized carbons (Fsp3) is 0.375. The molecule has 1 aromatic heterocycles. The molecule has 1 aliphatic carbocycles. The smallest absolute Gasteiger partial charge is 0.270 e. The van der Waals surface area contributed by atoms with Crippen LogP contribution in [-0.4, -0.2) is 40.1 Å². The maximum Gasteiger partial charge on any atom is 0.270 e. The summed E-state index contributed by atoms with van der Waals surface area (Å²) in [4.78, 5) is 19.0. The third-order valence-corrected chi connectivity index (χ3v) is 7.03. The Kier molecular flexibility index (Phi) is 4.64. The number of H-pyrrole nitrogens is 1. The van der Waals surface area contributed by atoms with Crippen LogP contribution in [0.5, 0.6) is 0 Å². The standard InChI is InChI=1S/C24H25ClN2O2/c25-17-9-10-19-18(14-17)21(16-6-2-1-3-7-16)22(26-19)23(29)27-13-5-12-24(15-27)11-4-8-20(24)28/h1-3,6-7,9-10,14,20,26,28H,4-5,8,11-13,15H2/t20-,24+/m1/s1. The number of aliphatic hydroxyl groups is 1. The van der Waals surface area contributed by atoms with E-state index >= 15 is 0 Å². The second-order valence-corrected chi connectivity index (χ2v) is 8.97. The lowest BCUT2D eigenvalue weighted by molar-refractivity contribution is -0.00549. The molecule has 4 nitrogen and oxygen atoms in total. The van der Waals surface area contributed by atoms with Crippen LogP contribution >= 0.6 is 11.6 Å². The highest BCUT2D eigenvalue weighted by Gasteiger charge is 2.46. The average Bonchev–Trinajstić information content (AvgIpc) is 3.28. The molecule has 2 heterocycles. The van der Waals surface area contributed by atoms with E-state index in [0.29, 0.717) is 17.3 Å². The van der Waals surface area contributed by atoms with Crippen molar-refractivity contribution in [2.45, 2.75) is 38.2 Å². The van der Waals surface area contributed by atoms with Gasteiger partial charge in [-0.2, -0.15) is 0 Å². The minimum atomic E-state index is -0.298. The second-order valence-electron chi connectivity index (χ2n) is 8.53. The van der Waals surface area contributed by atoms with Gasteiger partial charge < -0.3 is 15.0 Å². The van der Waals surface area contributed by atoms with Crippen molar-refractivity contribution >= 4 is 28.4 Å². The summed E-state index contributed by atoms with van der Waals surface area (Å²) in [6.45, 7) is 1.37. The maximum atomic E-state index is 13.7. The Bertz CT molecular complexity index is 1060. The van der Waals surface area contributed by atoms with Gasteiger partial charge in [0.2, 0.25) is 0 Å². The molecule has 2 atom stereocenters. The van der Waals surface area contributed by atoms with Crippen LogP contribution in [-0.2, 0) is 0 Å². The highest BCUT2D eigenvalue weighted by molar-refractivity contribution is 6.31. The van der Waals surface area contributed by atoms with Crippen LogP contribution in [0.2, 0.25) is 5.02 Å². The Morgan fingerprint density at radius 2 is 1.93 bits per heavy atom. The lowest BCUT2D eigenvalue weighted by Crippen LogP contribution is -2.49. The summed E-state index contributed by atoms with van der Waals surface area (Å²) in [6, 6.07) is 15.7. The Hall–Kier alpha value is -2.30. The number of rotatable bonds is 2. The number of amides is 1. The third-order valence-electron chi connectivity index (χ3n) is 6.79.